The fraction of sp³-hybridized carbons (Fsp3) is 0.507. The average Bonchev–Trinajstić information content (AvgIpc) is 0.886. The summed E-state index contributed by atoms with van der Waals surface area (Å²) in [5.41, 5.74) is 0.289. The van der Waals surface area contributed by atoms with E-state index in [4.69, 9.17) is 33.2 Å². The lowest BCUT2D eigenvalue weighted by Crippen LogP contribution is -2.60. The first-order chi connectivity index (χ1) is 44.3. The van der Waals surface area contributed by atoms with Crippen LogP contribution in [-0.2, 0) is 74.9 Å². The van der Waals surface area contributed by atoms with E-state index in [1.54, 1.807) is 50.6 Å². The number of piperidine rings is 1. The lowest BCUT2D eigenvalue weighted by atomic mass is 9.87. The highest BCUT2D eigenvalue weighted by molar-refractivity contribution is 6.38. The molecule has 93 heavy (non-hydrogen) atoms. The molecule has 0 aromatic heterocycles. The van der Waals surface area contributed by atoms with Crippen LogP contribution in [0.15, 0.2) is 104 Å². The number of nitrogens with one attached hydrogen (secondary N) is 2. The number of likely N-dealkylation sites (tertiary alicyclic amines) is 1. The van der Waals surface area contributed by atoms with Crippen LogP contribution in [-0.4, -0.2) is 179 Å². The molecule has 4 unspecified atom stereocenters. The number of ketones is 1. The summed E-state index contributed by atoms with van der Waals surface area (Å²) in [6, 6.07) is 18.5. The predicted molar refractivity (Wildman–Crippen MR) is 351 cm³/mol. The molecule has 504 valence electrons. The van der Waals surface area contributed by atoms with Crippen molar-refractivity contribution in [3.05, 3.63) is 120 Å². The first kappa shape index (κ1) is 73.4. The van der Waals surface area contributed by atoms with Crippen LogP contribution in [0.25, 0.3) is 10.8 Å². The minimum atomic E-state index is -1.42. The van der Waals surface area contributed by atoms with Gasteiger partial charge in [0, 0.05) is 59.1 Å². The molecule has 1 saturated heterocycles. The molecule has 0 saturated carbocycles. The average molecular weight is 1290 g/mol. The van der Waals surface area contributed by atoms with Crippen LogP contribution in [0, 0.1) is 5.41 Å². The third-order valence-corrected chi connectivity index (χ3v) is 16.5. The van der Waals surface area contributed by atoms with Gasteiger partial charge in [-0.15, -0.1) is 0 Å². The highest BCUT2D eigenvalue weighted by Crippen LogP contribution is 2.35. The number of carbonyl (C=O) groups is 9. The van der Waals surface area contributed by atoms with Gasteiger partial charge in [-0.2, -0.15) is 0 Å². The van der Waals surface area contributed by atoms with Crippen LogP contribution in [0.4, 0.5) is 5.69 Å². The van der Waals surface area contributed by atoms with Crippen molar-refractivity contribution in [3.63, 3.8) is 0 Å². The highest BCUT2D eigenvalue weighted by atomic mass is 16.5. The van der Waals surface area contributed by atoms with E-state index in [1.165, 1.54) is 54.7 Å². The second-order valence-corrected chi connectivity index (χ2v) is 25.0. The molecule has 2 bridgehead atoms. The summed E-state index contributed by atoms with van der Waals surface area (Å²) in [5, 5.41) is 7.27. The fourth-order valence-corrected chi connectivity index (χ4v) is 11.0. The lowest BCUT2D eigenvalue weighted by molar-refractivity contribution is -0.165. The number of rotatable bonds is 32. The Balaban J connectivity index is 1.27. The molecule has 5 atom stereocenters. The molecule has 1 fully saturated rings. The van der Waals surface area contributed by atoms with Gasteiger partial charge >= 0.3 is 11.9 Å². The number of benzene rings is 4. The van der Waals surface area contributed by atoms with E-state index in [2.05, 4.69) is 17.2 Å². The molecule has 0 spiro atoms. The van der Waals surface area contributed by atoms with E-state index in [9.17, 15) is 28.8 Å². The smallest absolute Gasteiger partial charge is 0.330 e. The maximum atomic E-state index is 15.1. The van der Waals surface area contributed by atoms with Crippen molar-refractivity contribution >= 4 is 69.6 Å². The third kappa shape index (κ3) is 20.7. The molecular weight excluding hydrogens is 1190 g/mol. The summed E-state index contributed by atoms with van der Waals surface area (Å²) < 4.78 is 40.1. The van der Waals surface area contributed by atoms with Gasteiger partial charge in [0.05, 0.1) is 38.4 Å². The van der Waals surface area contributed by atoms with Crippen molar-refractivity contribution in [2.45, 2.75) is 148 Å². The van der Waals surface area contributed by atoms with E-state index in [0.717, 1.165) is 28.8 Å². The molecule has 6 amide bonds. The van der Waals surface area contributed by atoms with Gasteiger partial charge in [-0.25, -0.2) is 9.59 Å². The summed E-state index contributed by atoms with van der Waals surface area (Å²) in [7, 11) is 7.80. The summed E-state index contributed by atoms with van der Waals surface area (Å²) in [6.45, 7) is 13.4. The number of fused-ring (bicyclic) bond motifs is 1. The van der Waals surface area contributed by atoms with Crippen LogP contribution < -0.4 is 29.7 Å². The largest absolute Gasteiger partial charge is 0.493 e. The van der Waals surface area contributed by atoms with Crippen molar-refractivity contribution in [2.75, 3.05) is 86.4 Å². The van der Waals surface area contributed by atoms with E-state index in [1.807, 2.05) is 82.3 Å². The first-order valence-electron chi connectivity index (χ1n) is 31.8. The first-order valence-corrected chi connectivity index (χ1v) is 31.8. The van der Waals surface area contributed by atoms with Gasteiger partial charge in [-0.1, -0.05) is 81.0 Å². The topological polar surface area (TPSA) is 255 Å². The Kier molecular flexibility index (Phi) is 27.5. The Morgan fingerprint density at radius 2 is 1.61 bits per heavy atom. The minimum Gasteiger partial charge on any atom is -0.493 e. The molecular formula is C71H94N6O16. The van der Waals surface area contributed by atoms with E-state index in [-0.39, 0.29) is 63.6 Å². The number of aryl methyl sites for hydroxylation is 1. The summed E-state index contributed by atoms with van der Waals surface area (Å²) in [4.78, 5) is 132. The molecule has 0 aliphatic carbocycles. The normalized spacial score (nSPS) is 16.5. The van der Waals surface area contributed by atoms with Crippen molar-refractivity contribution in [2.24, 2.45) is 5.41 Å². The Morgan fingerprint density at radius 1 is 0.871 bits per heavy atom. The Morgan fingerprint density at radius 3 is 2.32 bits per heavy atom. The van der Waals surface area contributed by atoms with Gasteiger partial charge < -0.3 is 58.5 Å². The lowest BCUT2D eigenvalue weighted by Gasteiger charge is -2.36. The SMILES string of the molecule is C=CC(=O)OCC(C)(C)C(=O)C(=O)N1CCCCC1C(=O)O[C@H](CCc1ccc(OC)c(OC)c1)c1cccc(OCC(=O)N2c3ccc4cccc(c4c3)CC(C(=O)N(C)C(COC(C)(C)C)C(=O)NCC(=O)N(C)CC/C=C\CCOC)NC(=O)C2CCCC)c1. The van der Waals surface area contributed by atoms with E-state index in [0.29, 0.717) is 80.0 Å². The van der Waals surface area contributed by atoms with Gasteiger partial charge in [0.25, 0.3) is 11.8 Å². The van der Waals surface area contributed by atoms with Gasteiger partial charge in [-0.3, -0.25) is 38.5 Å². The number of anilines is 1. The summed E-state index contributed by atoms with van der Waals surface area (Å²) >= 11 is 0. The van der Waals surface area contributed by atoms with Crippen molar-refractivity contribution in [1.82, 2.24) is 25.3 Å². The number of esters is 2. The second kappa shape index (κ2) is 34.9. The molecule has 2 aliphatic heterocycles. The van der Waals surface area contributed by atoms with Crippen LogP contribution in [0.3, 0.4) is 0 Å². The zero-order chi connectivity index (χ0) is 68.0. The standard InChI is InChI=1S/C71H94N6O16/c1-13-15-28-55-66(83)73-54(67(84)75(9)57(44-92-70(3,4)5)65(82)72-43-61(78)74(8)36-19-16-17-21-38-87-10)41-49-25-22-24-48-32-33-51(42-53(48)49)77(55)62(79)45-90-52-27-23-26-50(40-52)58(34-30-47-31-35-59(88-11)60(39-47)89-12)93-69(86)56-29-18-20-37-76(56)68(85)64(81)71(6,7)46-91-63(80)14-2/h14,16-17,22-27,31-33,35,39-40,42,54-58H,2,13,15,18-21,28-30,34,36-38,41,43-46H2,1,3-12H3,(H,72,82)(H,73,83)/b17-16-/t54?,55?,56?,57?,58-/m1/s1. The van der Waals surface area contributed by atoms with E-state index >= 15 is 14.4 Å². The molecule has 0 radical (unpaired) electrons. The van der Waals surface area contributed by atoms with Crippen molar-refractivity contribution < 1.29 is 76.3 Å². The number of unbranched alkanes of at least 4 members (excludes halogenated alkanes) is 1. The molecule has 2 N–H and O–H groups in total. The number of ether oxygens (including phenoxy) is 7. The van der Waals surface area contributed by atoms with Gasteiger partial charge in [0.15, 0.2) is 18.1 Å². The summed E-state index contributed by atoms with van der Waals surface area (Å²) in [6.07, 6.45) is 8.63. The zero-order valence-electron chi connectivity index (χ0n) is 55.9. The molecule has 2 heterocycles. The van der Waals surface area contributed by atoms with Crippen LogP contribution in [0.2, 0.25) is 0 Å². The quantitative estimate of drug-likeness (QED) is 0.0154. The maximum absolute atomic E-state index is 15.1. The number of carbonyl (C=O) groups excluding carboxylic acids is 9. The Hall–Kier alpha value is -8.63. The number of nitrogens with zero attached hydrogens (tertiary/aromatic N) is 4. The van der Waals surface area contributed by atoms with Gasteiger partial charge in [0.2, 0.25) is 29.4 Å². The molecule has 22 nitrogen and oxygen atoms in total. The monoisotopic (exact) mass is 1290 g/mol. The van der Waals surface area contributed by atoms with Gasteiger partial charge in [0.1, 0.15) is 42.6 Å². The summed E-state index contributed by atoms with van der Waals surface area (Å²) in [5.74, 6) is -4.75. The molecule has 6 rings (SSSR count). The Bertz CT molecular complexity index is 3320. The van der Waals surface area contributed by atoms with Gasteiger partial charge in [-0.05, 0) is 150 Å². The maximum Gasteiger partial charge on any atom is 0.330 e. The number of Topliss-reactive ketones (excluding diaryl/α,β-unsaturated/α-hetero) is 1. The minimum absolute atomic E-state index is 0.0253. The van der Waals surface area contributed by atoms with Crippen LogP contribution >= 0.6 is 0 Å². The number of hydrogen-bond acceptors (Lipinski definition) is 16. The van der Waals surface area contributed by atoms with Crippen molar-refractivity contribution in [3.8, 4) is 17.2 Å². The number of hydrogen-bond donors (Lipinski definition) is 2. The zero-order valence-corrected chi connectivity index (χ0v) is 55.9. The molecule has 2 aliphatic rings. The number of likely N-dealkylation sites (N-methyl/N-ethyl adjacent to an activating group) is 2. The van der Waals surface area contributed by atoms with Crippen LogP contribution in [0.5, 0.6) is 17.2 Å². The fourth-order valence-electron chi connectivity index (χ4n) is 11.0. The Labute approximate surface area is 546 Å². The molecule has 4 aromatic carbocycles. The van der Waals surface area contributed by atoms with E-state index < -0.39 is 95.2 Å². The van der Waals surface area contributed by atoms with Crippen LogP contribution in [0.1, 0.15) is 122 Å². The second-order valence-electron chi connectivity index (χ2n) is 25.0. The van der Waals surface area contributed by atoms with Crippen molar-refractivity contribution in [1.29, 1.82) is 0 Å². The number of methoxy groups -OCH3 is 3. The predicted octanol–water partition coefficient (Wildman–Crippen LogP) is 7.99. The molecule has 22 heteroatoms. The third-order valence-electron chi connectivity index (χ3n) is 16.5. The number of amides is 6. The highest BCUT2D eigenvalue weighted by Gasteiger charge is 2.43. The molecule has 4 aromatic rings.